The molecule has 1 heterocycles. The number of benzene rings is 1. The van der Waals surface area contributed by atoms with Crippen LogP contribution >= 0.6 is 0 Å². The molecule has 132 valence electrons. The van der Waals surface area contributed by atoms with Gasteiger partial charge in [0, 0.05) is 24.9 Å². The van der Waals surface area contributed by atoms with Gasteiger partial charge in [-0.05, 0) is 31.4 Å². The molecule has 1 aromatic rings. The molecule has 1 aromatic carbocycles. The highest BCUT2D eigenvalue weighted by molar-refractivity contribution is 7.90. The van der Waals surface area contributed by atoms with Crippen LogP contribution < -0.4 is 4.90 Å². The molecule has 0 N–H and O–H groups in total. The van der Waals surface area contributed by atoms with Gasteiger partial charge < -0.3 is 9.64 Å². The number of sulfone groups is 1. The van der Waals surface area contributed by atoms with Crippen LogP contribution in [0.25, 0.3) is 0 Å². The SMILES string of the molecule is COC(=O)C[C@@H]1CCCCN1c1ccc(S(C)(=O)=O)cc1[N+](=O)[O-]. The monoisotopic (exact) mass is 356 g/mol. The van der Waals surface area contributed by atoms with Gasteiger partial charge in [-0.3, -0.25) is 14.9 Å². The Labute approximate surface area is 140 Å². The molecule has 1 atom stereocenters. The van der Waals surface area contributed by atoms with E-state index in [0.717, 1.165) is 31.6 Å². The third-order valence-corrected chi connectivity index (χ3v) is 5.25. The Kier molecular flexibility index (Phi) is 5.43. The molecule has 0 aliphatic carbocycles. The molecule has 0 unspecified atom stereocenters. The zero-order valence-electron chi connectivity index (χ0n) is 13.6. The molecule has 1 fully saturated rings. The van der Waals surface area contributed by atoms with Crippen molar-refractivity contribution in [3.8, 4) is 0 Å². The van der Waals surface area contributed by atoms with Crippen molar-refractivity contribution < 1.29 is 22.9 Å². The highest BCUT2D eigenvalue weighted by Crippen LogP contribution is 2.35. The number of piperidine rings is 1. The topological polar surface area (TPSA) is 107 Å². The Balaban J connectivity index is 2.44. The fourth-order valence-electron chi connectivity index (χ4n) is 2.93. The lowest BCUT2D eigenvalue weighted by atomic mass is 9.98. The van der Waals surface area contributed by atoms with Gasteiger partial charge in [-0.25, -0.2) is 8.42 Å². The molecule has 1 saturated heterocycles. The summed E-state index contributed by atoms with van der Waals surface area (Å²) >= 11 is 0. The van der Waals surface area contributed by atoms with E-state index >= 15 is 0 Å². The van der Waals surface area contributed by atoms with E-state index in [-0.39, 0.29) is 29.0 Å². The molecular weight excluding hydrogens is 336 g/mol. The van der Waals surface area contributed by atoms with E-state index in [0.29, 0.717) is 12.2 Å². The Hall–Kier alpha value is -2.16. The number of carbonyl (C=O) groups excluding carboxylic acids is 1. The van der Waals surface area contributed by atoms with Gasteiger partial charge in [-0.1, -0.05) is 0 Å². The Morgan fingerprint density at radius 1 is 1.42 bits per heavy atom. The van der Waals surface area contributed by atoms with Crippen LogP contribution in [0.2, 0.25) is 0 Å². The van der Waals surface area contributed by atoms with E-state index in [1.54, 1.807) is 0 Å². The summed E-state index contributed by atoms with van der Waals surface area (Å²) in [6.45, 7) is 0.570. The minimum atomic E-state index is -3.54. The first-order valence-electron chi connectivity index (χ1n) is 7.56. The average Bonchev–Trinajstić information content (AvgIpc) is 2.53. The van der Waals surface area contributed by atoms with E-state index < -0.39 is 14.8 Å². The molecule has 0 amide bonds. The van der Waals surface area contributed by atoms with Crippen molar-refractivity contribution in [3.63, 3.8) is 0 Å². The van der Waals surface area contributed by atoms with Crippen LogP contribution in [0.5, 0.6) is 0 Å². The van der Waals surface area contributed by atoms with Crippen molar-refractivity contribution in [1.82, 2.24) is 0 Å². The van der Waals surface area contributed by atoms with E-state index in [2.05, 4.69) is 0 Å². The molecule has 2 rings (SSSR count). The van der Waals surface area contributed by atoms with Gasteiger partial charge in [0.05, 0.1) is 23.3 Å². The predicted molar refractivity (Wildman–Crippen MR) is 87.8 cm³/mol. The molecule has 0 saturated carbocycles. The van der Waals surface area contributed by atoms with E-state index in [1.165, 1.54) is 19.2 Å². The summed E-state index contributed by atoms with van der Waals surface area (Å²) in [5.41, 5.74) is 0.0655. The number of esters is 1. The maximum Gasteiger partial charge on any atom is 0.307 e. The fraction of sp³-hybridized carbons (Fsp3) is 0.533. The van der Waals surface area contributed by atoms with Crippen LogP contribution in [0.15, 0.2) is 23.1 Å². The third-order valence-electron chi connectivity index (χ3n) is 4.14. The van der Waals surface area contributed by atoms with Gasteiger partial charge in [-0.2, -0.15) is 0 Å². The van der Waals surface area contributed by atoms with Gasteiger partial charge in [0.15, 0.2) is 9.84 Å². The van der Waals surface area contributed by atoms with Crippen LogP contribution in [0.4, 0.5) is 11.4 Å². The zero-order chi connectivity index (χ0) is 17.9. The van der Waals surface area contributed by atoms with Crippen molar-refractivity contribution in [3.05, 3.63) is 28.3 Å². The maximum absolute atomic E-state index is 11.6. The van der Waals surface area contributed by atoms with E-state index in [9.17, 15) is 23.3 Å². The van der Waals surface area contributed by atoms with Crippen molar-refractivity contribution in [2.24, 2.45) is 0 Å². The second-order valence-corrected chi connectivity index (χ2v) is 7.82. The Bertz CT molecular complexity index is 746. The van der Waals surface area contributed by atoms with Gasteiger partial charge in [0.25, 0.3) is 5.69 Å². The quantitative estimate of drug-likeness (QED) is 0.450. The standard InChI is InChI=1S/C15H20N2O6S/c1-23-15(18)9-11-5-3-4-8-16(11)13-7-6-12(24(2,21)22)10-14(13)17(19)20/h6-7,10-11H,3-5,8-9H2,1-2H3/t11-/m0/s1. The molecule has 0 radical (unpaired) electrons. The second kappa shape index (κ2) is 7.16. The van der Waals surface area contributed by atoms with Gasteiger partial charge in [0.2, 0.25) is 0 Å². The number of rotatable bonds is 5. The first kappa shape index (κ1) is 18.2. The van der Waals surface area contributed by atoms with Crippen LogP contribution in [0, 0.1) is 10.1 Å². The van der Waals surface area contributed by atoms with Crippen LogP contribution in [-0.4, -0.2) is 45.3 Å². The van der Waals surface area contributed by atoms with E-state index in [1.807, 2.05) is 4.90 Å². The van der Waals surface area contributed by atoms with Crippen molar-refractivity contribution in [1.29, 1.82) is 0 Å². The molecule has 0 bridgehead atoms. The highest BCUT2D eigenvalue weighted by atomic mass is 32.2. The second-order valence-electron chi connectivity index (χ2n) is 5.80. The molecule has 24 heavy (non-hydrogen) atoms. The summed E-state index contributed by atoms with van der Waals surface area (Å²) in [5.74, 6) is -0.373. The minimum absolute atomic E-state index is 0.0977. The van der Waals surface area contributed by atoms with Crippen LogP contribution in [0.1, 0.15) is 25.7 Å². The first-order valence-corrected chi connectivity index (χ1v) is 9.45. The van der Waals surface area contributed by atoms with Crippen LogP contribution in [-0.2, 0) is 19.4 Å². The molecule has 1 aliphatic heterocycles. The molecule has 9 heteroatoms. The van der Waals surface area contributed by atoms with Crippen molar-refractivity contribution in [2.75, 3.05) is 24.8 Å². The third kappa shape index (κ3) is 4.02. The zero-order valence-corrected chi connectivity index (χ0v) is 14.4. The smallest absolute Gasteiger partial charge is 0.307 e. The first-order chi connectivity index (χ1) is 11.2. The summed E-state index contributed by atoms with van der Waals surface area (Å²) in [6.07, 6.45) is 3.64. The molecule has 8 nitrogen and oxygen atoms in total. The number of ether oxygens (including phenoxy) is 1. The Morgan fingerprint density at radius 3 is 2.71 bits per heavy atom. The summed E-state index contributed by atoms with van der Waals surface area (Å²) in [6, 6.07) is 3.69. The Morgan fingerprint density at radius 2 is 2.12 bits per heavy atom. The van der Waals surface area contributed by atoms with Crippen molar-refractivity contribution >= 4 is 27.2 Å². The number of methoxy groups -OCH3 is 1. The van der Waals surface area contributed by atoms with Crippen LogP contribution in [0.3, 0.4) is 0 Å². The molecular formula is C15H20N2O6S. The molecule has 0 spiro atoms. The summed E-state index contributed by atoms with van der Waals surface area (Å²) in [4.78, 5) is 24.1. The van der Waals surface area contributed by atoms with Crippen molar-refractivity contribution in [2.45, 2.75) is 36.6 Å². The number of hydrogen-bond acceptors (Lipinski definition) is 7. The number of carbonyl (C=O) groups is 1. The maximum atomic E-state index is 11.6. The average molecular weight is 356 g/mol. The number of nitro benzene ring substituents is 1. The largest absolute Gasteiger partial charge is 0.469 e. The lowest BCUT2D eigenvalue weighted by Gasteiger charge is -2.36. The predicted octanol–water partition coefficient (Wildman–Crippen LogP) is 1.92. The number of nitro groups is 1. The highest BCUT2D eigenvalue weighted by Gasteiger charge is 2.30. The lowest BCUT2D eigenvalue weighted by Crippen LogP contribution is -2.41. The fourth-order valence-corrected chi connectivity index (χ4v) is 3.57. The van der Waals surface area contributed by atoms with Gasteiger partial charge in [0.1, 0.15) is 5.69 Å². The van der Waals surface area contributed by atoms with Gasteiger partial charge in [-0.15, -0.1) is 0 Å². The summed E-state index contributed by atoms with van der Waals surface area (Å²) in [5, 5.41) is 11.4. The normalized spacial score (nSPS) is 18.2. The minimum Gasteiger partial charge on any atom is -0.469 e. The van der Waals surface area contributed by atoms with E-state index in [4.69, 9.17) is 4.74 Å². The summed E-state index contributed by atoms with van der Waals surface area (Å²) < 4.78 is 28.0. The molecule has 0 aromatic heterocycles. The number of hydrogen-bond donors (Lipinski definition) is 0. The summed E-state index contributed by atoms with van der Waals surface area (Å²) in [7, 11) is -2.24. The number of anilines is 1. The number of nitrogens with zero attached hydrogens (tertiary/aromatic N) is 2. The lowest BCUT2D eigenvalue weighted by molar-refractivity contribution is -0.384. The molecule has 1 aliphatic rings. The van der Waals surface area contributed by atoms with Gasteiger partial charge >= 0.3 is 5.97 Å².